The lowest BCUT2D eigenvalue weighted by Gasteiger charge is -2.30. The first-order chi connectivity index (χ1) is 33.6. The number of rotatable bonds is 33. The van der Waals surface area contributed by atoms with E-state index in [4.69, 9.17) is 40.1 Å². The summed E-state index contributed by atoms with van der Waals surface area (Å²) in [5.74, 6) is -8.92. The molecule has 71 heavy (non-hydrogen) atoms. The van der Waals surface area contributed by atoms with Crippen LogP contribution in [0.2, 0.25) is 0 Å². The van der Waals surface area contributed by atoms with Crippen molar-refractivity contribution in [3.05, 3.63) is 35.7 Å². The van der Waals surface area contributed by atoms with Crippen LogP contribution in [-0.4, -0.2) is 179 Å². The van der Waals surface area contributed by atoms with Crippen LogP contribution in [0.5, 0.6) is 0 Å². The molecule has 23 N–H and O–H groups in total. The second-order valence-electron chi connectivity index (χ2n) is 16.0. The molecule has 1 aromatic rings. The van der Waals surface area contributed by atoms with Crippen molar-refractivity contribution in [2.45, 2.75) is 114 Å². The van der Waals surface area contributed by atoms with Crippen molar-refractivity contribution in [3.8, 4) is 0 Å². The fraction of sp³-hybridized carbons (Fsp3) is 0.595. The molecule has 0 aliphatic carbocycles. The van der Waals surface area contributed by atoms with E-state index in [0.717, 1.165) is 17.9 Å². The Bertz CT molecular complexity index is 2070. The van der Waals surface area contributed by atoms with Crippen LogP contribution in [0.1, 0.15) is 70.9 Å². The van der Waals surface area contributed by atoms with E-state index in [1.54, 1.807) is 0 Å². The zero-order valence-electron chi connectivity index (χ0n) is 40.3. The number of H-pyrrole nitrogens is 1. The number of likely N-dealkylation sites (N-methyl/N-ethyl adjacent to an activating group) is 1. The van der Waals surface area contributed by atoms with Gasteiger partial charge in [-0.1, -0.05) is 12.2 Å². The minimum absolute atomic E-state index is 0.000749. The molecule has 1 rings (SSSR count). The number of nitrogens with zero attached hydrogens (tertiary/aromatic N) is 4. The number of amides is 8. The van der Waals surface area contributed by atoms with E-state index >= 15 is 0 Å². The monoisotopic (exact) mass is 1000 g/mol. The van der Waals surface area contributed by atoms with E-state index in [0.29, 0.717) is 37.9 Å². The number of aliphatic hydroxyl groups excluding tert-OH is 1. The first kappa shape index (κ1) is 61.9. The number of carboxylic acid groups (broad SMARTS) is 1. The number of nitrogens with one attached hydrogen (secondary N) is 7. The summed E-state index contributed by atoms with van der Waals surface area (Å²) in [7, 11) is 1.28. The summed E-state index contributed by atoms with van der Waals surface area (Å²) in [6.07, 6.45) is 4.56. The van der Waals surface area contributed by atoms with Gasteiger partial charge in [-0.05, 0) is 84.5 Å². The van der Waals surface area contributed by atoms with Crippen LogP contribution in [0, 0.1) is 0 Å². The Morgan fingerprint density at radius 1 is 0.831 bits per heavy atom. The number of aromatic amines is 1. The van der Waals surface area contributed by atoms with Gasteiger partial charge in [-0.2, -0.15) is 0 Å². The van der Waals surface area contributed by atoms with Gasteiger partial charge in [-0.15, -0.1) is 0 Å². The number of aliphatic hydroxyl groups is 1. The highest BCUT2D eigenvalue weighted by Gasteiger charge is 2.34. The SMILES string of the molecule is CC(=NC(=O)[C@@H](NC(=O)C(N)CCCCN)C(O)CN)C(=O)NCC(=O)N[C@H](CCCN)C(=O)N(C)[C@@H](C)C(=O)NC(Cc1cnc[nH]1)C(=O)N[C@@H](CCCCN)C(=O)NC(=C=CCN=C(N)N)C(=O)O. The van der Waals surface area contributed by atoms with Crippen molar-refractivity contribution in [1.82, 2.24) is 46.8 Å². The van der Waals surface area contributed by atoms with Gasteiger partial charge in [0.15, 0.2) is 11.7 Å². The molecule has 8 amide bonds. The fourth-order valence-corrected chi connectivity index (χ4v) is 6.18. The smallest absolute Gasteiger partial charge is 0.360 e. The van der Waals surface area contributed by atoms with Crippen molar-refractivity contribution in [2.75, 3.05) is 46.3 Å². The number of carboxylic acids is 1. The topological polar surface area (TPSA) is 505 Å². The molecular weight excluding hydrogens is 933 g/mol. The summed E-state index contributed by atoms with van der Waals surface area (Å²) in [5, 5.41) is 34.5. The summed E-state index contributed by atoms with van der Waals surface area (Å²) in [6.45, 7) is 1.94. The fourth-order valence-electron chi connectivity index (χ4n) is 6.18. The molecule has 0 fully saturated rings. The minimum Gasteiger partial charge on any atom is -0.476 e. The molecule has 1 heterocycles. The van der Waals surface area contributed by atoms with E-state index in [1.807, 2.05) is 0 Å². The maximum absolute atomic E-state index is 13.9. The van der Waals surface area contributed by atoms with Crippen molar-refractivity contribution in [2.24, 2.45) is 50.1 Å². The number of nitrogens with two attached hydrogens (primary N) is 7. The average Bonchev–Trinajstić information content (AvgIpc) is 3.85. The molecule has 29 heteroatoms. The Kier molecular flexibility index (Phi) is 29.1. The zero-order chi connectivity index (χ0) is 53.6. The first-order valence-electron chi connectivity index (χ1n) is 22.7. The highest BCUT2D eigenvalue weighted by Crippen LogP contribution is 2.10. The van der Waals surface area contributed by atoms with Gasteiger partial charge in [0.2, 0.25) is 35.4 Å². The third kappa shape index (κ3) is 23.3. The van der Waals surface area contributed by atoms with Gasteiger partial charge >= 0.3 is 5.97 Å². The Hall–Kier alpha value is -7.14. The molecule has 0 saturated carbocycles. The van der Waals surface area contributed by atoms with Gasteiger partial charge in [-0.3, -0.25) is 38.4 Å². The molecule has 0 aliphatic rings. The summed E-state index contributed by atoms with van der Waals surface area (Å²) < 4.78 is 0. The number of imidazole rings is 1. The van der Waals surface area contributed by atoms with Gasteiger partial charge in [-0.25, -0.2) is 19.8 Å². The van der Waals surface area contributed by atoms with Gasteiger partial charge in [0, 0.05) is 31.9 Å². The summed E-state index contributed by atoms with van der Waals surface area (Å²) in [5.41, 5.74) is 40.4. The summed E-state index contributed by atoms with van der Waals surface area (Å²) in [4.78, 5) is 134. The van der Waals surface area contributed by atoms with Crippen molar-refractivity contribution in [3.63, 3.8) is 0 Å². The average molecular weight is 1010 g/mol. The van der Waals surface area contributed by atoms with Gasteiger partial charge in [0.05, 0.1) is 31.6 Å². The van der Waals surface area contributed by atoms with Crippen molar-refractivity contribution >= 4 is 64.9 Å². The number of guanidine groups is 1. The maximum atomic E-state index is 13.9. The molecule has 0 saturated heterocycles. The highest BCUT2D eigenvalue weighted by molar-refractivity contribution is 6.39. The number of unbranched alkanes of at least 4 members (excludes halogenated alkanes) is 2. The molecule has 0 radical (unpaired) electrons. The molecule has 0 aromatic carbocycles. The van der Waals surface area contributed by atoms with Crippen LogP contribution >= 0.6 is 0 Å². The van der Waals surface area contributed by atoms with Gasteiger partial charge in [0.25, 0.3) is 11.8 Å². The number of aromatic nitrogens is 2. The molecular formula is C42H72N18O11. The number of hydrogen-bond acceptors (Lipinski definition) is 17. The van der Waals surface area contributed by atoms with Crippen LogP contribution in [-0.2, 0) is 49.6 Å². The van der Waals surface area contributed by atoms with Crippen LogP contribution in [0.25, 0.3) is 0 Å². The molecule has 0 aliphatic heterocycles. The molecule has 3 unspecified atom stereocenters. The molecule has 396 valence electrons. The Balaban J connectivity index is 3.20. The Labute approximate surface area is 410 Å². The quantitative estimate of drug-likeness (QED) is 0.0102. The van der Waals surface area contributed by atoms with E-state index in [1.165, 1.54) is 26.5 Å². The predicted octanol–water partition coefficient (Wildman–Crippen LogP) is -7.00. The lowest BCUT2D eigenvalue weighted by Crippen LogP contribution is -2.58. The number of aliphatic carboxylic acids is 1. The third-order valence-electron chi connectivity index (χ3n) is 10.4. The van der Waals surface area contributed by atoms with Gasteiger partial charge in [0.1, 0.15) is 35.9 Å². The Morgan fingerprint density at radius 2 is 1.45 bits per heavy atom. The maximum Gasteiger partial charge on any atom is 0.360 e. The van der Waals surface area contributed by atoms with Crippen LogP contribution in [0.3, 0.4) is 0 Å². The molecule has 29 nitrogen and oxygen atoms in total. The van der Waals surface area contributed by atoms with E-state index in [2.05, 4.69) is 57.6 Å². The van der Waals surface area contributed by atoms with Crippen LogP contribution in [0.15, 0.2) is 40.0 Å². The number of aliphatic imine (C=N–C) groups is 2. The van der Waals surface area contributed by atoms with Gasteiger partial charge < -0.3 is 92.1 Å². The highest BCUT2D eigenvalue weighted by atomic mass is 16.4. The minimum atomic E-state index is -1.64. The Morgan fingerprint density at radius 3 is 2.03 bits per heavy atom. The normalized spacial score (nSPS) is 14.0. The summed E-state index contributed by atoms with van der Waals surface area (Å²) in [6, 6.07) is -7.95. The van der Waals surface area contributed by atoms with E-state index in [-0.39, 0.29) is 57.7 Å². The largest absolute Gasteiger partial charge is 0.476 e. The molecule has 0 spiro atoms. The van der Waals surface area contributed by atoms with E-state index < -0.39 is 120 Å². The molecule has 7 atom stereocenters. The number of hydrogen-bond donors (Lipinski definition) is 16. The van der Waals surface area contributed by atoms with Crippen LogP contribution < -0.4 is 72.0 Å². The number of carbonyl (C=O) groups is 9. The molecule has 0 bridgehead atoms. The second-order valence-corrected chi connectivity index (χ2v) is 16.0. The second kappa shape index (κ2) is 33.4. The zero-order valence-corrected chi connectivity index (χ0v) is 40.3. The third-order valence-corrected chi connectivity index (χ3v) is 10.4. The van der Waals surface area contributed by atoms with Crippen LogP contribution in [0.4, 0.5) is 0 Å². The van der Waals surface area contributed by atoms with Crippen molar-refractivity contribution < 1.29 is 53.4 Å². The molecule has 1 aromatic heterocycles. The lowest BCUT2D eigenvalue weighted by atomic mass is 10.1. The van der Waals surface area contributed by atoms with Crippen molar-refractivity contribution in [1.29, 1.82) is 0 Å². The predicted molar refractivity (Wildman–Crippen MR) is 259 cm³/mol. The number of carbonyl (C=O) groups excluding carboxylic acids is 8. The standard InChI is InChI=1S/C42H72N18O11/c1-23(54-39(68)33(31(61)19-46)59-36(65)26(47)10-4-6-14-43)34(63)52-21-32(62)55-28(12-8-16-45)40(69)60(3)24(2)35(64)58-30(18-25-20-50-22-53-25)38(67)56-27(11-5-7-15-44)37(66)57-29(41(70)71)13-9-17-51-42(48)49/h9,20,22,24,26-28,30-31,33,61H,4-8,10-12,14-19,21,43-47H2,1-3H3,(H,50,53)(H,52,63)(H,55,62)(H,56,67)(H,57,66)(H,58,64)(H,59,65)(H,70,71)(H4,48,49,51)/t13?,24-,26?,27-,28+,30?,31?,33-/m0/s1. The van der Waals surface area contributed by atoms with E-state index in [9.17, 15) is 53.4 Å². The lowest BCUT2D eigenvalue weighted by molar-refractivity contribution is -0.142. The first-order valence-corrected chi connectivity index (χ1v) is 22.7. The summed E-state index contributed by atoms with van der Waals surface area (Å²) >= 11 is 0.